The number of aromatic nitrogens is 2. The average molecular weight is 1200 g/mol. The Morgan fingerprint density at radius 2 is 1.08 bits per heavy atom. The van der Waals surface area contributed by atoms with Gasteiger partial charge in [0.15, 0.2) is 0 Å². The van der Waals surface area contributed by atoms with E-state index in [1.54, 1.807) is 0 Å². The van der Waals surface area contributed by atoms with Crippen LogP contribution in [0.5, 0.6) is 11.5 Å². The van der Waals surface area contributed by atoms with Gasteiger partial charge in [-0.25, -0.2) is 4.98 Å². The number of nitrogens with zero attached hydrogens (tertiary/aromatic N) is 4. The zero-order valence-electron chi connectivity index (χ0n) is 48.6. The van der Waals surface area contributed by atoms with E-state index >= 15 is 0 Å². The van der Waals surface area contributed by atoms with Crippen molar-refractivity contribution in [2.75, 3.05) is 9.80 Å². The fraction of sp³-hybridized carbons (Fsp3) is 0.167. The zero-order chi connectivity index (χ0) is 55.8. The van der Waals surface area contributed by atoms with Crippen LogP contribution in [0.25, 0.3) is 72.1 Å². The Morgan fingerprint density at radius 1 is 0.487 bits per heavy atom. The smallest absolute Gasteiger partial charge is 0.135 e. The quantitative estimate of drug-likeness (QED) is 0.135. The Hall–Kier alpha value is -7.98. The van der Waals surface area contributed by atoms with Crippen LogP contribution in [0.3, 0.4) is 0 Å². The summed E-state index contributed by atoms with van der Waals surface area (Å²) in [7, 11) is 0. The van der Waals surface area contributed by atoms with E-state index in [9.17, 15) is 4.11 Å². The Kier molecular flexibility index (Phi) is 12.7. The molecule has 0 atom stereocenters. The summed E-state index contributed by atoms with van der Waals surface area (Å²) in [6.07, 6.45) is 1.99. The van der Waals surface area contributed by atoms with Crippen molar-refractivity contribution < 1.29 is 29.9 Å². The van der Waals surface area contributed by atoms with Gasteiger partial charge in [0.05, 0.1) is 0 Å². The van der Waals surface area contributed by atoms with Crippen molar-refractivity contribution in [1.29, 1.82) is 0 Å². The largest absolute Gasteiger partial charge is 0.509 e. The van der Waals surface area contributed by atoms with Crippen molar-refractivity contribution >= 4 is 44.6 Å². The summed E-state index contributed by atoms with van der Waals surface area (Å²) >= 11 is 0. The number of rotatable bonds is 9. The molecular weight excluding hydrogens is 1130 g/mol. The van der Waals surface area contributed by atoms with Crippen LogP contribution in [0.15, 0.2) is 212 Å². The third-order valence-corrected chi connectivity index (χ3v) is 14.8. The van der Waals surface area contributed by atoms with Crippen molar-refractivity contribution in [1.82, 2.24) is 9.55 Å². The molecule has 12 rings (SSSR count). The molecule has 1 aliphatic rings. The van der Waals surface area contributed by atoms with E-state index in [2.05, 4.69) is 223 Å². The van der Waals surface area contributed by atoms with Gasteiger partial charge >= 0.3 is 0 Å². The molecule has 9 aromatic carbocycles. The monoisotopic (exact) mass is 1200 g/mol. The fourth-order valence-electron chi connectivity index (χ4n) is 10.7. The summed E-state index contributed by atoms with van der Waals surface area (Å²) in [5.41, 5.74) is 16.7. The first-order valence-electron chi connectivity index (χ1n) is 28.0. The van der Waals surface area contributed by atoms with Gasteiger partial charge in [-0.15, -0.1) is 48.0 Å². The maximum atomic E-state index is 9.48. The Bertz CT molecular complexity index is 4170. The molecule has 0 amide bonds. The molecule has 1 aliphatic heterocycles. The molecule has 390 valence electrons. The molecule has 11 aromatic rings. The first-order chi connectivity index (χ1) is 38.3. The third kappa shape index (κ3) is 9.86. The van der Waals surface area contributed by atoms with Crippen LogP contribution in [-0.4, -0.2) is 9.55 Å². The number of fused-ring (bicyclic) bond motifs is 4. The first-order valence-corrected chi connectivity index (χ1v) is 26.5. The van der Waals surface area contributed by atoms with Gasteiger partial charge in [0.2, 0.25) is 0 Å². The second kappa shape index (κ2) is 20.4. The molecule has 0 bridgehead atoms. The molecule has 0 saturated carbocycles. The molecule has 0 fully saturated rings. The van der Waals surface area contributed by atoms with Crippen LogP contribution in [0.2, 0.25) is 0 Å². The molecular formula is C72H63N4OPt-3. The number of ether oxygens (including phenoxy) is 1. The molecule has 0 saturated heterocycles. The summed E-state index contributed by atoms with van der Waals surface area (Å²) in [6, 6.07) is 72.0. The average Bonchev–Trinajstić information content (AvgIpc) is 4.25. The van der Waals surface area contributed by atoms with Gasteiger partial charge in [-0.1, -0.05) is 213 Å². The topological polar surface area (TPSA) is 33.5 Å². The van der Waals surface area contributed by atoms with Crippen LogP contribution in [-0.2, 0) is 37.3 Å². The molecule has 0 radical (unpaired) electrons. The number of hydrogen-bond acceptors (Lipinski definition) is 4. The molecule has 2 aromatic heterocycles. The summed E-state index contributed by atoms with van der Waals surface area (Å²) in [6.45, 7) is 22.1. The second-order valence-electron chi connectivity index (χ2n) is 23.2. The van der Waals surface area contributed by atoms with E-state index in [4.69, 9.17) is 9.72 Å². The maximum absolute atomic E-state index is 9.48. The normalized spacial score (nSPS) is 13.3. The number of hydrogen-bond donors (Lipinski definition) is 0. The Morgan fingerprint density at radius 3 is 1.76 bits per heavy atom. The molecule has 0 aliphatic carbocycles. The number of para-hydroxylation sites is 4. The zero-order valence-corrected chi connectivity index (χ0v) is 47.8. The molecule has 6 heteroatoms. The third-order valence-electron chi connectivity index (χ3n) is 14.8. The molecule has 0 N–H and O–H groups in total. The Labute approximate surface area is 479 Å². The maximum Gasteiger partial charge on any atom is 0.135 e. The summed E-state index contributed by atoms with van der Waals surface area (Å²) in [5.74, 6) is 1.09. The van der Waals surface area contributed by atoms with Gasteiger partial charge in [0, 0.05) is 79.4 Å². The predicted molar refractivity (Wildman–Crippen MR) is 322 cm³/mol. The van der Waals surface area contributed by atoms with E-state index in [-0.39, 0.29) is 66.9 Å². The van der Waals surface area contributed by atoms with Gasteiger partial charge in [-0.2, -0.15) is 12.1 Å². The van der Waals surface area contributed by atoms with Crippen molar-refractivity contribution in [3.05, 3.63) is 248 Å². The Balaban J connectivity index is 0.00000690. The predicted octanol–water partition coefficient (Wildman–Crippen LogP) is 19.5. The van der Waals surface area contributed by atoms with Crippen LogP contribution >= 0.6 is 0 Å². The van der Waals surface area contributed by atoms with Crippen LogP contribution in [0.1, 0.15) is 83.1 Å². The van der Waals surface area contributed by atoms with E-state index in [0.717, 1.165) is 94.8 Å². The number of benzene rings is 9. The molecule has 5 nitrogen and oxygen atoms in total. The first kappa shape index (κ1) is 48.4. The summed E-state index contributed by atoms with van der Waals surface area (Å²) < 4.78 is 36.8. The van der Waals surface area contributed by atoms with Crippen molar-refractivity contribution in [3.63, 3.8) is 0 Å². The van der Waals surface area contributed by atoms with Crippen LogP contribution in [0, 0.1) is 18.8 Å². The van der Waals surface area contributed by atoms with Gasteiger partial charge < -0.3 is 19.1 Å². The molecule has 78 heavy (non-hydrogen) atoms. The molecule has 3 heterocycles. The van der Waals surface area contributed by atoms with Gasteiger partial charge in [-0.05, 0) is 99.2 Å². The van der Waals surface area contributed by atoms with E-state index in [1.165, 1.54) is 11.1 Å². The minimum Gasteiger partial charge on any atom is -0.509 e. The minimum absolute atomic E-state index is 0. The van der Waals surface area contributed by atoms with E-state index in [0.29, 0.717) is 5.75 Å². The van der Waals surface area contributed by atoms with Crippen molar-refractivity contribution in [3.8, 4) is 61.8 Å². The molecule has 0 spiro atoms. The second-order valence-corrected chi connectivity index (χ2v) is 23.2. The van der Waals surface area contributed by atoms with Crippen molar-refractivity contribution in [2.45, 2.75) is 78.6 Å². The number of anilines is 4. The van der Waals surface area contributed by atoms with Gasteiger partial charge in [0.25, 0.3) is 0 Å². The molecule has 0 unspecified atom stereocenters. The summed E-state index contributed by atoms with van der Waals surface area (Å²) in [5, 5.41) is 2.00. The van der Waals surface area contributed by atoms with E-state index in [1.807, 2.05) is 66.3 Å². The fourth-order valence-corrected chi connectivity index (χ4v) is 10.7. The summed E-state index contributed by atoms with van der Waals surface area (Å²) in [4.78, 5) is 9.26. The van der Waals surface area contributed by atoms with E-state index < -0.39 is 0 Å². The van der Waals surface area contributed by atoms with Gasteiger partial charge in [-0.3, -0.25) is 0 Å². The standard InChI is InChI=1S/C72H63N4O.Pt/c1-70(2,3)53-36-32-49(33-37-53)58-27-19-28-59(52-23-17-22-51(42-52)48-20-11-10-12-21-48)69(58)75-47-74(65-30-15-16-31-66(65)75)55-24-18-25-56(43-55)77-57-40-41-61-60-26-13-14-29-64(60)76(67(61)44-57)68-45-63(72(7,8)9)62(46-73-68)50-34-38-54(39-35-50)71(4,5)6;/h10-42,45-47H,1-9H3;/q-3;/i18D,24D,25D;. The van der Waals surface area contributed by atoms with Gasteiger partial charge in [0.1, 0.15) is 5.82 Å². The van der Waals surface area contributed by atoms with Crippen molar-refractivity contribution in [2.24, 2.45) is 0 Å². The van der Waals surface area contributed by atoms with Crippen LogP contribution in [0.4, 0.5) is 22.7 Å². The minimum atomic E-state index is -0.280. The number of pyridine rings is 1. The SMILES string of the molecule is [2H]c1c(Oc2[c-]c3c(cc2)c2ccccc2n3-c2cc(C(C)(C)C)c(-c3ccc(C(C)(C)C)cc3)cn2)[c-]c(N2[CH-]N(c3c(-c4ccc(C(C)(C)C)cc4)cccc3-c3cccc(-c4ccccc4)c3)c3ccccc32)c([2H])c1[2H].[Pt]. The van der Waals surface area contributed by atoms with Crippen LogP contribution < -0.4 is 14.5 Å².